The van der Waals surface area contributed by atoms with Gasteiger partial charge in [-0.1, -0.05) is 127 Å². The molecular weight excluding hydrogens is 623 g/mol. The molecule has 10 rings (SSSR count). The molecule has 0 atom stereocenters. The lowest BCUT2D eigenvalue weighted by Gasteiger charge is -2.12. The number of fused-ring (bicyclic) bond motifs is 6. The van der Waals surface area contributed by atoms with Crippen molar-refractivity contribution < 1.29 is 0 Å². The monoisotopic (exact) mass is 653 g/mol. The van der Waals surface area contributed by atoms with E-state index in [1.165, 1.54) is 92.2 Å². The third kappa shape index (κ3) is 4.76. The Kier molecular flexibility index (Phi) is 6.75. The van der Waals surface area contributed by atoms with Crippen LogP contribution in [0.5, 0.6) is 0 Å². The fourth-order valence-electron chi connectivity index (χ4n) is 7.61. The van der Waals surface area contributed by atoms with Gasteiger partial charge >= 0.3 is 0 Å². The molecule has 0 spiro atoms. The highest BCUT2D eigenvalue weighted by Gasteiger charge is 2.17. The number of benzene rings is 8. The quantitative estimate of drug-likeness (QED) is 0.174. The summed E-state index contributed by atoms with van der Waals surface area (Å²) in [5.41, 5.74) is 13.4. The highest BCUT2D eigenvalue weighted by atomic mass is 32.1. The van der Waals surface area contributed by atoms with E-state index in [9.17, 15) is 0 Å². The summed E-state index contributed by atoms with van der Waals surface area (Å²) in [6, 6.07) is 68.7. The maximum Gasteiger partial charge on any atom is 0.0619 e. The van der Waals surface area contributed by atoms with E-state index >= 15 is 0 Å². The van der Waals surface area contributed by atoms with Crippen LogP contribution in [0.25, 0.3) is 92.2 Å². The molecule has 2 heteroatoms. The summed E-state index contributed by atoms with van der Waals surface area (Å²) in [6.07, 6.45) is 0. The zero-order chi connectivity index (χ0) is 33.0. The molecule has 0 aliphatic rings. The number of hydrogen-bond acceptors (Lipinski definition) is 1. The molecule has 0 saturated heterocycles. The normalized spacial score (nSPS) is 11.6. The molecule has 234 valence electrons. The fourth-order valence-corrected chi connectivity index (χ4v) is 8.68. The first-order chi connectivity index (χ1) is 24.8. The van der Waals surface area contributed by atoms with E-state index in [0.717, 1.165) is 0 Å². The standard InChI is InChI=1S/C48H31NS/c1-4-13-32(14-5-1)36-27-37(33-15-6-2-7-16-33)29-38(28-36)34-23-25-46-43(30-34)44-31-35(24-26-47(44)50-46)40-20-12-21-42-41-19-10-11-22-45(41)49(48(40)42)39-17-8-3-9-18-39/h1-31H. The van der Waals surface area contributed by atoms with Crippen molar-refractivity contribution in [1.29, 1.82) is 0 Å². The van der Waals surface area contributed by atoms with Crippen LogP contribution in [0.15, 0.2) is 188 Å². The van der Waals surface area contributed by atoms with Gasteiger partial charge in [0.05, 0.1) is 11.0 Å². The molecule has 0 aliphatic heterocycles. The van der Waals surface area contributed by atoms with Crippen LogP contribution in [0.2, 0.25) is 0 Å². The van der Waals surface area contributed by atoms with Crippen LogP contribution in [0.3, 0.4) is 0 Å². The molecule has 1 nitrogen and oxygen atoms in total. The van der Waals surface area contributed by atoms with Gasteiger partial charge < -0.3 is 4.57 Å². The van der Waals surface area contributed by atoms with E-state index in [0.29, 0.717) is 0 Å². The average Bonchev–Trinajstić information content (AvgIpc) is 3.74. The molecular formula is C48H31NS. The molecule has 0 amide bonds. The molecule has 0 unspecified atom stereocenters. The van der Waals surface area contributed by atoms with Gasteiger partial charge in [0, 0.05) is 42.2 Å². The first-order valence-corrected chi connectivity index (χ1v) is 17.9. The second-order valence-corrected chi connectivity index (χ2v) is 14.0. The van der Waals surface area contributed by atoms with Crippen molar-refractivity contribution in [2.45, 2.75) is 0 Å². The molecule has 10 aromatic rings. The summed E-state index contributed by atoms with van der Waals surface area (Å²) in [7, 11) is 0. The SMILES string of the molecule is c1ccc(-c2cc(-c3ccccc3)cc(-c3ccc4sc5ccc(-c6cccc7c8ccccc8n(-c8ccccc8)c67)cc5c4c3)c2)cc1. The Morgan fingerprint density at radius 3 is 1.50 bits per heavy atom. The van der Waals surface area contributed by atoms with Crippen LogP contribution in [0.1, 0.15) is 0 Å². The van der Waals surface area contributed by atoms with E-state index in [-0.39, 0.29) is 0 Å². The van der Waals surface area contributed by atoms with Crippen molar-refractivity contribution in [2.24, 2.45) is 0 Å². The van der Waals surface area contributed by atoms with Gasteiger partial charge in [0.25, 0.3) is 0 Å². The molecule has 0 bridgehead atoms. The van der Waals surface area contributed by atoms with Crippen LogP contribution in [-0.2, 0) is 0 Å². The van der Waals surface area contributed by atoms with E-state index in [1.807, 2.05) is 11.3 Å². The number of hydrogen-bond donors (Lipinski definition) is 0. The van der Waals surface area contributed by atoms with E-state index in [2.05, 4.69) is 193 Å². The Hall–Kier alpha value is -6.22. The second kappa shape index (κ2) is 11.7. The summed E-state index contributed by atoms with van der Waals surface area (Å²) in [5.74, 6) is 0. The maximum atomic E-state index is 2.43. The van der Waals surface area contributed by atoms with E-state index in [1.54, 1.807) is 0 Å². The first-order valence-electron chi connectivity index (χ1n) is 17.1. The molecule has 0 radical (unpaired) electrons. The fraction of sp³-hybridized carbons (Fsp3) is 0. The smallest absolute Gasteiger partial charge is 0.0619 e. The largest absolute Gasteiger partial charge is 0.309 e. The van der Waals surface area contributed by atoms with Gasteiger partial charge in [-0.2, -0.15) is 0 Å². The number of nitrogens with zero attached hydrogens (tertiary/aromatic N) is 1. The minimum absolute atomic E-state index is 1.17. The highest BCUT2D eigenvalue weighted by molar-refractivity contribution is 7.25. The molecule has 50 heavy (non-hydrogen) atoms. The van der Waals surface area contributed by atoms with Crippen LogP contribution < -0.4 is 0 Å². The predicted octanol–water partition coefficient (Wildman–Crippen LogP) is 13.8. The number of thiophene rings is 1. The van der Waals surface area contributed by atoms with Crippen molar-refractivity contribution in [3.8, 4) is 50.2 Å². The van der Waals surface area contributed by atoms with Gasteiger partial charge in [-0.25, -0.2) is 0 Å². The Morgan fingerprint density at radius 1 is 0.320 bits per heavy atom. The lowest BCUT2D eigenvalue weighted by molar-refractivity contribution is 1.18. The molecule has 2 aromatic heterocycles. The summed E-state index contributed by atoms with van der Waals surface area (Å²) < 4.78 is 5.04. The van der Waals surface area contributed by atoms with E-state index in [4.69, 9.17) is 0 Å². The van der Waals surface area contributed by atoms with Gasteiger partial charge in [0.1, 0.15) is 0 Å². The number of para-hydroxylation sites is 3. The Labute approximate surface area is 295 Å². The van der Waals surface area contributed by atoms with Crippen molar-refractivity contribution in [3.63, 3.8) is 0 Å². The minimum atomic E-state index is 1.17. The minimum Gasteiger partial charge on any atom is -0.309 e. The Bertz CT molecular complexity index is 2790. The average molecular weight is 654 g/mol. The van der Waals surface area contributed by atoms with Crippen LogP contribution in [0.4, 0.5) is 0 Å². The van der Waals surface area contributed by atoms with E-state index < -0.39 is 0 Å². The number of aromatic nitrogens is 1. The predicted molar refractivity (Wildman–Crippen MR) is 215 cm³/mol. The molecule has 0 N–H and O–H groups in total. The maximum absolute atomic E-state index is 2.43. The lowest BCUT2D eigenvalue weighted by atomic mass is 9.93. The van der Waals surface area contributed by atoms with Gasteiger partial charge in [0.2, 0.25) is 0 Å². The van der Waals surface area contributed by atoms with Crippen LogP contribution in [0, 0.1) is 0 Å². The topological polar surface area (TPSA) is 4.93 Å². The summed E-state index contributed by atoms with van der Waals surface area (Å²) in [6.45, 7) is 0. The third-order valence-electron chi connectivity index (χ3n) is 9.97. The summed E-state index contributed by atoms with van der Waals surface area (Å²) in [4.78, 5) is 0. The molecule has 8 aromatic carbocycles. The van der Waals surface area contributed by atoms with Crippen molar-refractivity contribution >= 4 is 53.3 Å². The molecule has 0 fully saturated rings. The Balaban J connectivity index is 1.17. The molecule has 2 heterocycles. The second-order valence-electron chi connectivity index (χ2n) is 12.9. The van der Waals surface area contributed by atoms with Gasteiger partial charge in [0.15, 0.2) is 0 Å². The highest BCUT2D eigenvalue weighted by Crippen LogP contribution is 2.42. The van der Waals surface area contributed by atoms with Gasteiger partial charge in [-0.3, -0.25) is 0 Å². The third-order valence-corrected chi connectivity index (χ3v) is 11.1. The zero-order valence-electron chi connectivity index (χ0n) is 27.3. The van der Waals surface area contributed by atoms with Crippen LogP contribution in [-0.4, -0.2) is 4.57 Å². The van der Waals surface area contributed by atoms with Crippen LogP contribution >= 0.6 is 11.3 Å². The van der Waals surface area contributed by atoms with Gasteiger partial charge in [-0.15, -0.1) is 11.3 Å². The van der Waals surface area contributed by atoms with Crippen molar-refractivity contribution in [3.05, 3.63) is 188 Å². The zero-order valence-corrected chi connectivity index (χ0v) is 28.1. The Morgan fingerprint density at radius 2 is 0.840 bits per heavy atom. The first kappa shape index (κ1) is 28.8. The molecule has 0 aliphatic carbocycles. The summed E-state index contributed by atoms with van der Waals surface area (Å²) in [5, 5.41) is 5.14. The molecule has 0 saturated carbocycles. The van der Waals surface area contributed by atoms with Gasteiger partial charge in [-0.05, 0) is 99.6 Å². The lowest BCUT2D eigenvalue weighted by Crippen LogP contribution is -1.95. The van der Waals surface area contributed by atoms with Crippen molar-refractivity contribution in [2.75, 3.05) is 0 Å². The van der Waals surface area contributed by atoms with Crippen molar-refractivity contribution in [1.82, 2.24) is 4.57 Å². The summed E-state index contributed by atoms with van der Waals surface area (Å²) >= 11 is 1.87. The number of rotatable bonds is 5.